The van der Waals surface area contributed by atoms with Crippen LogP contribution in [0.15, 0.2) is 18.2 Å². The third-order valence-corrected chi connectivity index (χ3v) is 3.98. The molecule has 1 fully saturated rings. The first kappa shape index (κ1) is 12.9. The van der Waals surface area contributed by atoms with Crippen molar-refractivity contribution in [1.29, 1.82) is 0 Å². The van der Waals surface area contributed by atoms with Crippen molar-refractivity contribution in [3.05, 3.63) is 18.2 Å². The number of nitrogens with one attached hydrogen (secondary N) is 1. The zero-order chi connectivity index (χ0) is 13.3. The fourth-order valence-corrected chi connectivity index (χ4v) is 2.72. The van der Waals surface area contributed by atoms with Crippen molar-refractivity contribution in [3.63, 3.8) is 0 Å². The number of ether oxygens (including phenoxy) is 2. The number of anilines is 1. The second-order valence-electron chi connectivity index (χ2n) is 5.17. The van der Waals surface area contributed by atoms with Crippen LogP contribution in [0.4, 0.5) is 5.69 Å². The van der Waals surface area contributed by atoms with Gasteiger partial charge in [-0.1, -0.05) is 0 Å². The van der Waals surface area contributed by atoms with E-state index >= 15 is 0 Å². The summed E-state index contributed by atoms with van der Waals surface area (Å²) in [5.41, 5.74) is 0.904. The van der Waals surface area contributed by atoms with E-state index in [0.29, 0.717) is 6.54 Å². The molecule has 4 nitrogen and oxygen atoms in total. The van der Waals surface area contributed by atoms with E-state index in [-0.39, 0.29) is 5.88 Å². The van der Waals surface area contributed by atoms with Crippen molar-refractivity contribution >= 4 is 17.3 Å². The molecule has 104 valence electrons. The summed E-state index contributed by atoms with van der Waals surface area (Å²) in [6.45, 7) is 0.425. The number of hydrogen-bond donors (Lipinski definition) is 2. The lowest BCUT2D eigenvalue weighted by Gasteiger charge is -2.21. The lowest BCUT2D eigenvalue weighted by Crippen LogP contribution is -2.34. The van der Waals surface area contributed by atoms with Crippen LogP contribution in [0.2, 0.25) is 0 Å². The van der Waals surface area contributed by atoms with E-state index in [4.69, 9.17) is 21.1 Å². The van der Waals surface area contributed by atoms with Gasteiger partial charge in [-0.05, 0) is 25.0 Å². The second-order valence-corrected chi connectivity index (χ2v) is 5.48. The van der Waals surface area contributed by atoms with Gasteiger partial charge in [0.2, 0.25) is 0 Å². The summed E-state index contributed by atoms with van der Waals surface area (Å²) >= 11 is 5.56. The van der Waals surface area contributed by atoms with Crippen LogP contribution in [0.1, 0.15) is 25.7 Å². The fraction of sp³-hybridized carbons (Fsp3) is 0.571. The molecule has 0 aromatic heterocycles. The van der Waals surface area contributed by atoms with E-state index in [1.165, 1.54) is 0 Å². The first-order valence-corrected chi connectivity index (χ1v) is 7.24. The van der Waals surface area contributed by atoms with Crippen LogP contribution in [-0.4, -0.2) is 29.4 Å². The maximum Gasteiger partial charge on any atom is 0.251 e. The highest BCUT2D eigenvalue weighted by Crippen LogP contribution is 2.47. The second kappa shape index (κ2) is 5.10. The highest BCUT2D eigenvalue weighted by Gasteiger charge is 2.43. The average Bonchev–Trinajstić information content (AvgIpc) is 3.02. The van der Waals surface area contributed by atoms with Gasteiger partial charge in [0.25, 0.3) is 5.79 Å². The molecule has 19 heavy (non-hydrogen) atoms. The summed E-state index contributed by atoms with van der Waals surface area (Å²) in [7, 11) is 0. The number of alkyl halides is 1. The van der Waals surface area contributed by atoms with Crippen molar-refractivity contribution in [2.75, 3.05) is 17.7 Å². The number of fused-ring (bicyclic) bond motifs is 1. The van der Waals surface area contributed by atoms with Gasteiger partial charge < -0.3 is 19.9 Å². The molecule has 1 spiro atoms. The van der Waals surface area contributed by atoms with Crippen LogP contribution in [0.5, 0.6) is 11.5 Å². The number of rotatable bonds is 4. The Hall–Kier alpha value is -1.13. The Labute approximate surface area is 117 Å². The highest BCUT2D eigenvalue weighted by molar-refractivity contribution is 6.18. The van der Waals surface area contributed by atoms with Crippen molar-refractivity contribution in [2.24, 2.45) is 0 Å². The van der Waals surface area contributed by atoms with E-state index in [0.717, 1.165) is 42.9 Å². The minimum atomic E-state index is -0.548. The lowest BCUT2D eigenvalue weighted by atomic mass is 10.2. The first-order valence-electron chi connectivity index (χ1n) is 6.71. The number of benzene rings is 1. The standard InChI is InChI=1S/C14H18ClNO3/c15-8-11(17)9-16-10-3-4-12-13(7-10)19-14(18-12)5-1-2-6-14/h3-4,7,11,16-17H,1-2,5-6,8-9H2. The molecule has 1 aliphatic heterocycles. The van der Waals surface area contributed by atoms with Crippen LogP contribution < -0.4 is 14.8 Å². The zero-order valence-electron chi connectivity index (χ0n) is 10.7. The van der Waals surface area contributed by atoms with E-state index in [1.54, 1.807) is 0 Å². The van der Waals surface area contributed by atoms with Gasteiger partial charge in [-0.25, -0.2) is 0 Å². The predicted octanol–water partition coefficient (Wildman–Crippen LogP) is 2.74. The average molecular weight is 284 g/mol. The molecule has 2 N–H and O–H groups in total. The molecule has 1 aromatic carbocycles. The molecule has 0 saturated heterocycles. The van der Waals surface area contributed by atoms with Gasteiger partial charge in [0.15, 0.2) is 11.5 Å². The molecule has 5 heteroatoms. The minimum Gasteiger partial charge on any atom is -0.448 e. The monoisotopic (exact) mass is 283 g/mol. The van der Waals surface area contributed by atoms with Crippen LogP contribution in [-0.2, 0) is 0 Å². The van der Waals surface area contributed by atoms with Gasteiger partial charge >= 0.3 is 0 Å². The Morgan fingerprint density at radius 3 is 2.74 bits per heavy atom. The van der Waals surface area contributed by atoms with E-state index < -0.39 is 11.9 Å². The Morgan fingerprint density at radius 1 is 1.26 bits per heavy atom. The van der Waals surface area contributed by atoms with Crippen LogP contribution in [0.3, 0.4) is 0 Å². The Morgan fingerprint density at radius 2 is 2.00 bits per heavy atom. The summed E-state index contributed by atoms with van der Waals surface area (Å²) in [5, 5.41) is 12.6. The topological polar surface area (TPSA) is 50.7 Å². The van der Waals surface area contributed by atoms with E-state index in [9.17, 15) is 5.11 Å². The van der Waals surface area contributed by atoms with Crippen molar-refractivity contribution in [1.82, 2.24) is 0 Å². The summed E-state index contributed by atoms with van der Waals surface area (Å²) < 4.78 is 11.9. The number of hydrogen-bond acceptors (Lipinski definition) is 4. The van der Waals surface area contributed by atoms with Gasteiger partial charge in [-0.3, -0.25) is 0 Å². The molecule has 3 rings (SSSR count). The quantitative estimate of drug-likeness (QED) is 0.834. The zero-order valence-corrected chi connectivity index (χ0v) is 11.4. The third-order valence-electron chi connectivity index (χ3n) is 3.62. The molecule has 0 amide bonds. The summed E-state index contributed by atoms with van der Waals surface area (Å²) in [6, 6.07) is 5.76. The molecule has 1 aliphatic carbocycles. The summed E-state index contributed by atoms with van der Waals surface area (Å²) in [4.78, 5) is 0. The number of aliphatic hydroxyl groups is 1. The SMILES string of the molecule is OC(CCl)CNc1ccc2c(c1)OC1(CCCC1)O2. The molecule has 1 aromatic rings. The van der Waals surface area contributed by atoms with Crippen LogP contribution in [0, 0.1) is 0 Å². The molecule has 1 saturated carbocycles. The van der Waals surface area contributed by atoms with Gasteiger partial charge in [-0.2, -0.15) is 0 Å². The van der Waals surface area contributed by atoms with Crippen LogP contribution >= 0.6 is 11.6 Å². The molecule has 1 atom stereocenters. The van der Waals surface area contributed by atoms with Crippen molar-refractivity contribution in [2.45, 2.75) is 37.6 Å². The summed E-state index contributed by atoms with van der Waals surface area (Å²) in [5.74, 6) is 1.40. The molecular formula is C14H18ClNO3. The van der Waals surface area contributed by atoms with Gasteiger partial charge in [0.05, 0.1) is 12.0 Å². The van der Waals surface area contributed by atoms with Gasteiger partial charge in [-0.15, -0.1) is 11.6 Å². The number of aliphatic hydroxyl groups excluding tert-OH is 1. The largest absolute Gasteiger partial charge is 0.448 e. The predicted molar refractivity (Wildman–Crippen MR) is 74.1 cm³/mol. The smallest absolute Gasteiger partial charge is 0.251 e. The normalized spacial score (nSPS) is 20.7. The fourth-order valence-electron chi connectivity index (χ4n) is 2.61. The highest BCUT2D eigenvalue weighted by atomic mass is 35.5. The van der Waals surface area contributed by atoms with E-state index in [1.807, 2.05) is 18.2 Å². The third kappa shape index (κ3) is 2.60. The maximum absolute atomic E-state index is 9.43. The first-order chi connectivity index (χ1) is 9.21. The van der Waals surface area contributed by atoms with Crippen molar-refractivity contribution in [3.8, 4) is 11.5 Å². The molecule has 1 heterocycles. The van der Waals surface area contributed by atoms with E-state index in [2.05, 4.69) is 5.32 Å². The Kier molecular flexibility index (Phi) is 3.46. The van der Waals surface area contributed by atoms with Crippen molar-refractivity contribution < 1.29 is 14.6 Å². The molecule has 0 bridgehead atoms. The van der Waals surface area contributed by atoms with Gasteiger partial charge in [0.1, 0.15) is 0 Å². The Balaban J connectivity index is 1.69. The molecular weight excluding hydrogens is 266 g/mol. The Bertz CT molecular complexity index is 460. The molecule has 1 unspecified atom stereocenters. The molecule has 2 aliphatic rings. The lowest BCUT2D eigenvalue weighted by molar-refractivity contribution is -0.0716. The maximum atomic E-state index is 9.43. The molecule has 0 radical (unpaired) electrons. The number of halogens is 1. The minimum absolute atomic E-state index is 0.223. The summed E-state index contributed by atoms with van der Waals surface area (Å²) in [6.07, 6.45) is 3.67. The van der Waals surface area contributed by atoms with Gasteiger partial charge in [0, 0.05) is 31.1 Å². The van der Waals surface area contributed by atoms with Crippen LogP contribution in [0.25, 0.3) is 0 Å².